The van der Waals surface area contributed by atoms with Crippen molar-refractivity contribution in [2.24, 2.45) is 11.1 Å². The molecule has 6 heteroatoms. The lowest BCUT2D eigenvalue weighted by Crippen LogP contribution is -2.65. The number of nitrogens with zero attached hydrogens (tertiary/aromatic N) is 1. The second-order valence-corrected chi connectivity index (χ2v) is 7.23. The second-order valence-electron chi connectivity index (χ2n) is 6.79. The van der Waals surface area contributed by atoms with E-state index in [9.17, 15) is 14.0 Å². The van der Waals surface area contributed by atoms with E-state index in [4.69, 9.17) is 17.3 Å². The molecule has 4 nitrogen and oxygen atoms in total. The molecule has 1 aliphatic rings. The zero-order valence-electron chi connectivity index (χ0n) is 14.3. The molecule has 0 aromatic heterocycles. The first-order valence-corrected chi connectivity index (χ1v) is 8.83. The van der Waals surface area contributed by atoms with Gasteiger partial charge in [0.05, 0.1) is 5.41 Å². The topological polar surface area (TPSA) is 63.4 Å². The number of hydrogen-bond donors (Lipinski definition) is 1. The lowest BCUT2D eigenvalue weighted by Gasteiger charge is -2.48. The Kier molecular flexibility index (Phi) is 5.28. The van der Waals surface area contributed by atoms with Gasteiger partial charge in [0.2, 0.25) is 11.8 Å². The fraction of sp³-hybridized carbons (Fsp3) is 0.300. The van der Waals surface area contributed by atoms with E-state index in [0.29, 0.717) is 23.4 Å². The average Bonchev–Trinajstić information content (AvgIpc) is 2.57. The fourth-order valence-corrected chi connectivity index (χ4v) is 3.54. The van der Waals surface area contributed by atoms with E-state index >= 15 is 0 Å². The number of aryl methyl sites for hydroxylation is 1. The van der Waals surface area contributed by atoms with Crippen LogP contribution in [0.25, 0.3) is 0 Å². The summed E-state index contributed by atoms with van der Waals surface area (Å²) in [5.74, 6) is -0.908. The van der Waals surface area contributed by atoms with Crippen LogP contribution in [-0.2, 0) is 22.4 Å². The van der Waals surface area contributed by atoms with Crippen LogP contribution in [0.2, 0.25) is 5.02 Å². The molecular formula is C20H20ClFN2O2. The number of halogens is 2. The normalized spacial score (nSPS) is 15.4. The van der Waals surface area contributed by atoms with Crippen LogP contribution in [0.15, 0.2) is 48.5 Å². The van der Waals surface area contributed by atoms with Crippen molar-refractivity contribution in [1.82, 2.24) is 4.90 Å². The van der Waals surface area contributed by atoms with Gasteiger partial charge in [-0.05, 0) is 42.2 Å². The zero-order valence-corrected chi connectivity index (χ0v) is 15.0. The third-order valence-corrected chi connectivity index (χ3v) is 5.10. The Balaban J connectivity index is 1.60. The van der Waals surface area contributed by atoms with E-state index in [2.05, 4.69) is 0 Å². The quantitative estimate of drug-likeness (QED) is 0.844. The Hall–Kier alpha value is -2.40. The van der Waals surface area contributed by atoms with Gasteiger partial charge < -0.3 is 10.6 Å². The lowest BCUT2D eigenvalue weighted by molar-refractivity contribution is -0.151. The molecule has 1 aliphatic heterocycles. The number of carbonyl (C=O) groups excluding carboxylic acids is 2. The maximum Gasteiger partial charge on any atom is 0.227 e. The number of rotatable bonds is 6. The maximum absolute atomic E-state index is 13.9. The third-order valence-electron chi connectivity index (χ3n) is 4.87. The predicted octanol–water partition coefficient (Wildman–Crippen LogP) is 2.97. The molecule has 26 heavy (non-hydrogen) atoms. The molecule has 2 aromatic carbocycles. The van der Waals surface area contributed by atoms with Gasteiger partial charge in [0, 0.05) is 24.5 Å². The van der Waals surface area contributed by atoms with Gasteiger partial charge in [-0.2, -0.15) is 0 Å². The Labute approximate surface area is 156 Å². The summed E-state index contributed by atoms with van der Waals surface area (Å²) < 4.78 is 13.9. The van der Waals surface area contributed by atoms with E-state index in [-0.39, 0.29) is 31.2 Å². The van der Waals surface area contributed by atoms with Gasteiger partial charge in [0.25, 0.3) is 0 Å². The van der Waals surface area contributed by atoms with Crippen LogP contribution in [0.5, 0.6) is 0 Å². The summed E-state index contributed by atoms with van der Waals surface area (Å²) in [7, 11) is 0. The molecule has 3 rings (SSSR count). The molecule has 1 fully saturated rings. The molecule has 0 bridgehead atoms. The van der Waals surface area contributed by atoms with Crippen molar-refractivity contribution in [1.29, 1.82) is 0 Å². The molecule has 0 spiro atoms. The number of nitrogens with two attached hydrogens (primary N) is 1. The summed E-state index contributed by atoms with van der Waals surface area (Å²) in [5.41, 5.74) is 6.09. The van der Waals surface area contributed by atoms with Crippen LogP contribution in [0.3, 0.4) is 0 Å². The number of hydrogen-bond acceptors (Lipinski definition) is 2. The SMILES string of the molecule is NC(=O)C1(Cc2ccccc2F)CN(C(=O)CCc2cccc(Cl)c2)C1. The molecule has 0 aliphatic carbocycles. The number of primary amides is 1. The van der Waals surface area contributed by atoms with Gasteiger partial charge in [0.1, 0.15) is 5.82 Å². The smallest absolute Gasteiger partial charge is 0.227 e. The summed E-state index contributed by atoms with van der Waals surface area (Å²) in [6.07, 6.45) is 1.11. The van der Waals surface area contributed by atoms with Gasteiger partial charge in [-0.3, -0.25) is 9.59 Å². The van der Waals surface area contributed by atoms with Gasteiger partial charge in [-0.25, -0.2) is 4.39 Å². The van der Waals surface area contributed by atoms with Crippen molar-refractivity contribution < 1.29 is 14.0 Å². The first kappa shape index (κ1) is 18.4. The van der Waals surface area contributed by atoms with Crippen molar-refractivity contribution >= 4 is 23.4 Å². The molecule has 136 valence electrons. The van der Waals surface area contributed by atoms with Gasteiger partial charge in [-0.15, -0.1) is 0 Å². The van der Waals surface area contributed by atoms with Gasteiger partial charge in [0.15, 0.2) is 0 Å². The van der Waals surface area contributed by atoms with Crippen molar-refractivity contribution in [2.45, 2.75) is 19.3 Å². The zero-order chi connectivity index (χ0) is 18.7. The molecule has 0 saturated carbocycles. The molecule has 2 amide bonds. The van der Waals surface area contributed by atoms with Crippen LogP contribution < -0.4 is 5.73 Å². The highest BCUT2D eigenvalue weighted by atomic mass is 35.5. The predicted molar refractivity (Wildman–Crippen MR) is 98.1 cm³/mol. The Bertz CT molecular complexity index is 834. The largest absolute Gasteiger partial charge is 0.369 e. The minimum absolute atomic E-state index is 0.0459. The van der Waals surface area contributed by atoms with Crippen LogP contribution in [0.4, 0.5) is 4.39 Å². The standard InChI is InChI=1S/C20H20ClFN2O2/c21-16-6-3-4-14(10-16)8-9-18(25)24-12-20(13-24,19(23)26)11-15-5-1-2-7-17(15)22/h1-7,10H,8-9,11-13H2,(H2,23,26). The van der Waals surface area contributed by atoms with Crippen molar-refractivity contribution in [2.75, 3.05) is 13.1 Å². The van der Waals surface area contributed by atoms with Crippen molar-refractivity contribution in [3.05, 3.63) is 70.5 Å². The van der Waals surface area contributed by atoms with Crippen LogP contribution >= 0.6 is 11.6 Å². The van der Waals surface area contributed by atoms with Crippen LogP contribution in [0.1, 0.15) is 17.5 Å². The molecule has 0 radical (unpaired) electrons. The summed E-state index contributed by atoms with van der Waals surface area (Å²) in [4.78, 5) is 25.9. The van der Waals surface area contributed by atoms with Crippen molar-refractivity contribution in [3.8, 4) is 0 Å². The molecule has 2 N–H and O–H groups in total. The Morgan fingerprint density at radius 2 is 1.88 bits per heavy atom. The van der Waals surface area contributed by atoms with Crippen LogP contribution in [0, 0.1) is 11.2 Å². The molecule has 0 unspecified atom stereocenters. The second kappa shape index (κ2) is 7.46. The highest BCUT2D eigenvalue weighted by molar-refractivity contribution is 6.30. The minimum Gasteiger partial charge on any atom is -0.369 e. The first-order chi connectivity index (χ1) is 12.4. The molecule has 1 saturated heterocycles. The Morgan fingerprint density at radius 1 is 1.15 bits per heavy atom. The summed E-state index contributed by atoms with van der Waals surface area (Å²) in [5, 5.41) is 0.636. The summed E-state index contributed by atoms with van der Waals surface area (Å²) >= 11 is 5.95. The van der Waals surface area contributed by atoms with E-state index in [0.717, 1.165) is 5.56 Å². The number of benzene rings is 2. The van der Waals surface area contributed by atoms with E-state index in [1.54, 1.807) is 29.2 Å². The number of likely N-dealkylation sites (tertiary alicyclic amines) is 1. The van der Waals surface area contributed by atoms with Crippen LogP contribution in [-0.4, -0.2) is 29.8 Å². The molecule has 2 aromatic rings. The fourth-order valence-electron chi connectivity index (χ4n) is 3.32. The average molecular weight is 375 g/mol. The monoisotopic (exact) mass is 374 g/mol. The number of amides is 2. The Morgan fingerprint density at radius 3 is 2.54 bits per heavy atom. The van der Waals surface area contributed by atoms with Crippen molar-refractivity contribution in [3.63, 3.8) is 0 Å². The number of carbonyl (C=O) groups is 2. The summed E-state index contributed by atoms with van der Waals surface area (Å²) in [6, 6.07) is 13.7. The first-order valence-electron chi connectivity index (χ1n) is 8.45. The third kappa shape index (κ3) is 3.88. The summed E-state index contributed by atoms with van der Waals surface area (Å²) in [6.45, 7) is 0.454. The van der Waals surface area contributed by atoms with Gasteiger partial charge in [-0.1, -0.05) is 41.9 Å². The highest BCUT2D eigenvalue weighted by Crippen LogP contribution is 2.35. The molecular weight excluding hydrogens is 355 g/mol. The van der Waals surface area contributed by atoms with Gasteiger partial charge >= 0.3 is 0 Å². The van der Waals surface area contributed by atoms with E-state index in [1.165, 1.54) is 6.07 Å². The van der Waals surface area contributed by atoms with E-state index in [1.807, 2.05) is 18.2 Å². The molecule has 1 heterocycles. The lowest BCUT2D eigenvalue weighted by atomic mass is 9.73. The minimum atomic E-state index is -0.895. The highest BCUT2D eigenvalue weighted by Gasteiger charge is 2.49. The van der Waals surface area contributed by atoms with E-state index < -0.39 is 11.3 Å². The maximum atomic E-state index is 13.9. The molecule has 0 atom stereocenters.